The monoisotopic (exact) mass is 935 g/mol. The molecule has 13 heteroatoms. The Bertz CT molecular complexity index is 1980. The molecule has 66 heavy (non-hydrogen) atoms. The number of aryl methyl sites for hydroxylation is 1. The molecule has 0 aliphatic heterocycles. The average Bonchev–Trinajstić information content (AvgIpc) is 3.61. The van der Waals surface area contributed by atoms with Crippen molar-refractivity contribution in [2.24, 2.45) is 44.5 Å². The topological polar surface area (TPSA) is 162 Å². The SMILES string of the molecule is CC.CC.CC(CNC(CC(C)(C)C(C)(C)C(N)CC(C)(C)C(C)(N)C(O)CC(C)(C)C)C(C)(C)C)C(=O)OCCCc1cc(-n2nc3ccc(C(F)(F)F)cc3n2)c(O)c(C(C)(C)C)c1. The van der Waals surface area contributed by atoms with Gasteiger partial charge in [0.1, 0.15) is 22.5 Å². The summed E-state index contributed by atoms with van der Waals surface area (Å²) in [6.07, 6.45) is -2.17. The average molecular weight is 935 g/mol. The van der Waals surface area contributed by atoms with Gasteiger partial charge in [-0.3, -0.25) is 4.79 Å². The van der Waals surface area contributed by atoms with E-state index in [2.05, 4.69) is 98.6 Å². The van der Waals surface area contributed by atoms with E-state index in [1.54, 1.807) is 6.07 Å². The number of esters is 1. The maximum Gasteiger partial charge on any atom is 0.416 e. The van der Waals surface area contributed by atoms with Crippen LogP contribution in [0.1, 0.15) is 188 Å². The fourth-order valence-corrected chi connectivity index (χ4v) is 7.97. The molecule has 380 valence electrons. The zero-order chi connectivity index (χ0) is 51.8. The standard InChI is InChI=1S/C49H81F3N6O4.2C2H6/c1-30(29-55-38(44(8,9)10)27-45(11,12)47(15,16)37(53)26-46(13,14)48(17,54)39(59)28-42(2,3)4)41(61)62-22-18-19-31-23-33(43(5,6)7)40(60)36(24-31)58-56-34-21-20-32(49(50,51)52)25-35(34)57-58;2*1-2/h20-21,23-25,30,37-39,55,59-60H,18-19,22,26-29,53-54H2,1-17H3;2*1-2H3. The van der Waals surface area contributed by atoms with E-state index in [9.17, 15) is 28.2 Å². The van der Waals surface area contributed by atoms with E-state index in [0.29, 0.717) is 37.8 Å². The third kappa shape index (κ3) is 15.9. The molecule has 5 atom stereocenters. The van der Waals surface area contributed by atoms with Crippen LogP contribution in [0.2, 0.25) is 0 Å². The van der Waals surface area contributed by atoms with Crippen LogP contribution in [-0.2, 0) is 27.5 Å². The molecule has 1 aromatic heterocycles. The number of aliphatic hydroxyl groups excluding tert-OH is 1. The maximum atomic E-state index is 13.4. The Kier molecular flexibility index (Phi) is 21.1. The van der Waals surface area contributed by atoms with Gasteiger partial charge in [0.2, 0.25) is 0 Å². The number of nitrogens with one attached hydrogen (secondary N) is 1. The largest absolute Gasteiger partial charge is 0.505 e. The molecule has 0 aliphatic rings. The third-order valence-corrected chi connectivity index (χ3v) is 13.9. The van der Waals surface area contributed by atoms with Crippen LogP contribution in [0.25, 0.3) is 16.7 Å². The smallest absolute Gasteiger partial charge is 0.416 e. The number of nitrogens with two attached hydrogens (primary N) is 2. The highest BCUT2D eigenvalue weighted by atomic mass is 19.4. The molecule has 0 fully saturated rings. The summed E-state index contributed by atoms with van der Waals surface area (Å²) in [5.74, 6) is -0.772. The number of carbonyl (C=O) groups excluding carboxylic acids is 1. The lowest BCUT2D eigenvalue weighted by molar-refractivity contribution is -0.148. The summed E-state index contributed by atoms with van der Waals surface area (Å²) in [7, 11) is 0. The van der Waals surface area contributed by atoms with Crippen molar-refractivity contribution in [2.45, 2.75) is 213 Å². The van der Waals surface area contributed by atoms with E-state index in [0.717, 1.165) is 24.1 Å². The Morgan fingerprint density at radius 2 is 1.35 bits per heavy atom. The predicted octanol–water partition coefficient (Wildman–Crippen LogP) is 12.3. The van der Waals surface area contributed by atoms with E-state index in [4.69, 9.17) is 16.2 Å². The number of fused-ring (bicyclic) bond motifs is 1. The van der Waals surface area contributed by atoms with Gasteiger partial charge in [-0.2, -0.15) is 13.2 Å². The number of aromatic hydroxyl groups is 1. The number of phenolic OH excluding ortho intramolecular Hbond substituents is 1. The number of benzene rings is 2. The number of aromatic nitrogens is 3. The highest BCUT2D eigenvalue weighted by Gasteiger charge is 2.50. The van der Waals surface area contributed by atoms with Gasteiger partial charge in [-0.1, -0.05) is 145 Å². The van der Waals surface area contributed by atoms with Gasteiger partial charge >= 0.3 is 12.1 Å². The van der Waals surface area contributed by atoms with Crippen molar-refractivity contribution >= 4 is 17.0 Å². The Balaban J connectivity index is 0.00000529. The summed E-state index contributed by atoms with van der Waals surface area (Å²) in [5, 5.41) is 35.0. The summed E-state index contributed by atoms with van der Waals surface area (Å²) >= 11 is 0. The van der Waals surface area contributed by atoms with E-state index < -0.39 is 40.1 Å². The van der Waals surface area contributed by atoms with Crippen LogP contribution >= 0.6 is 0 Å². The Hall–Kier alpha value is -3.26. The first-order chi connectivity index (χ1) is 29.8. The van der Waals surface area contributed by atoms with Crippen molar-refractivity contribution in [1.29, 1.82) is 0 Å². The van der Waals surface area contributed by atoms with Crippen molar-refractivity contribution in [3.05, 3.63) is 47.0 Å². The van der Waals surface area contributed by atoms with Crippen molar-refractivity contribution in [1.82, 2.24) is 20.3 Å². The van der Waals surface area contributed by atoms with Gasteiger partial charge in [0.05, 0.1) is 24.2 Å². The molecule has 0 saturated carbocycles. The van der Waals surface area contributed by atoms with Gasteiger partial charge in [-0.15, -0.1) is 15.0 Å². The summed E-state index contributed by atoms with van der Waals surface area (Å²) < 4.78 is 45.9. The molecule has 0 radical (unpaired) electrons. The lowest BCUT2D eigenvalue weighted by atomic mass is 9.56. The molecule has 2 aromatic carbocycles. The molecule has 3 rings (SSSR count). The first kappa shape index (κ1) is 60.8. The van der Waals surface area contributed by atoms with Gasteiger partial charge < -0.3 is 31.7 Å². The van der Waals surface area contributed by atoms with E-state index in [-0.39, 0.29) is 68.8 Å². The minimum Gasteiger partial charge on any atom is -0.505 e. The van der Waals surface area contributed by atoms with Gasteiger partial charge in [-0.25, -0.2) is 0 Å². The number of nitrogens with zero attached hydrogens (tertiary/aromatic N) is 3. The van der Waals surface area contributed by atoms with Crippen LogP contribution < -0.4 is 16.8 Å². The van der Waals surface area contributed by atoms with Crippen LogP contribution in [0.3, 0.4) is 0 Å². The fraction of sp³-hybridized carbons (Fsp3) is 0.755. The summed E-state index contributed by atoms with van der Waals surface area (Å²) in [6, 6.07) is 6.63. The maximum absolute atomic E-state index is 13.4. The minimum absolute atomic E-state index is 0.0508. The normalized spacial score (nSPS) is 16.0. The van der Waals surface area contributed by atoms with Gasteiger partial charge in [0.25, 0.3) is 0 Å². The predicted molar refractivity (Wildman–Crippen MR) is 268 cm³/mol. The van der Waals surface area contributed by atoms with Crippen molar-refractivity contribution < 1.29 is 32.9 Å². The summed E-state index contributed by atoms with van der Waals surface area (Å²) in [5.41, 5.74) is 12.7. The van der Waals surface area contributed by atoms with E-state index in [1.165, 1.54) is 10.9 Å². The highest BCUT2D eigenvalue weighted by molar-refractivity contribution is 5.75. The Labute approximate surface area is 398 Å². The van der Waals surface area contributed by atoms with Gasteiger partial charge in [-0.05, 0) is 101 Å². The number of alkyl halides is 3. The van der Waals surface area contributed by atoms with E-state index >= 15 is 0 Å². The number of hydrogen-bond acceptors (Lipinski definition) is 9. The zero-order valence-corrected chi connectivity index (χ0v) is 45.0. The first-order valence-electron chi connectivity index (χ1n) is 24.3. The van der Waals surface area contributed by atoms with Crippen LogP contribution in [0.5, 0.6) is 5.75 Å². The molecule has 10 nitrogen and oxygen atoms in total. The molecular formula is C53H93F3N6O4. The molecule has 0 amide bonds. The Morgan fingerprint density at radius 3 is 1.85 bits per heavy atom. The second kappa shape index (κ2) is 22.9. The van der Waals surface area contributed by atoms with Crippen molar-refractivity contribution in [3.63, 3.8) is 0 Å². The molecule has 0 aliphatic carbocycles. The molecule has 0 saturated heterocycles. The van der Waals surface area contributed by atoms with Gasteiger partial charge in [0, 0.05) is 29.7 Å². The second-order valence-electron chi connectivity index (χ2n) is 23.5. The second-order valence-corrected chi connectivity index (χ2v) is 23.5. The Morgan fingerprint density at radius 1 is 0.803 bits per heavy atom. The van der Waals surface area contributed by atoms with Gasteiger partial charge in [0.15, 0.2) is 0 Å². The number of aliphatic hydroxyl groups is 1. The summed E-state index contributed by atoms with van der Waals surface area (Å²) in [6.45, 7) is 44.4. The molecule has 3 aromatic rings. The fourth-order valence-electron chi connectivity index (χ4n) is 7.97. The zero-order valence-electron chi connectivity index (χ0n) is 45.0. The van der Waals surface area contributed by atoms with Crippen LogP contribution in [0.15, 0.2) is 30.3 Å². The molecule has 0 spiro atoms. The molecule has 1 heterocycles. The first-order valence-corrected chi connectivity index (χ1v) is 24.3. The third-order valence-electron chi connectivity index (χ3n) is 13.9. The number of carbonyl (C=O) groups is 1. The molecule has 5 unspecified atom stereocenters. The molecule has 7 N–H and O–H groups in total. The lowest BCUT2D eigenvalue weighted by Crippen LogP contribution is -2.62. The molecular weight excluding hydrogens is 842 g/mol. The van der Waals surface area contributed by atoms with Crippen molar-refractivity contribution in [3.8, 4) is 11.4 Å². The number of halogens is 3. The number of phenols is 1. The number of ether oxygens (including phenoxy) is 1. The van der Waals surface area contributed by atoms with Crippen LogP contribution in [0, 0.1) is 33.0 Å². The van der Waals surface area contributed by atoms with E-state index in [1.807, 2.05) is 68.4 Å². The molecule has 0 bridgehead atoms. The van der Waals surface area contributed by atoms with Crippen molar-refractivity contribution in [2.75, 3.05) is 13.2 Å². The lowest BCUT2D eigenvalue weighted by Gasteiger charge is -2.53. The summed E-state index contributed by atoms with van der Waals surface area (Å²) in [4.78, 5) is 14.5. The van der Waals surface area contributed by atoms with Crippen LogP contribution in [-0.4, -0.2) is 68.1 Å². The number of rotatable bonds is 18. The highest BCUT2D eigenvalue weighted by Crippen LogP contribution is 2.50. The number of hydrogen-bond donors (Lipinski definition) is 5. The quantitative estimate of drug-likeness (QED) is 0.0617. The minimum atomic E-state index is -4.53. The van der Waals surface area contributed by atoms with Crippen LogP contribution in [0.4, 0.5) is 13.2 Å².